The minimum atomic E-state index is -1.06. The van der Waals surface area contributed by atoms with Crippen LogP contribution in [0.15, 0.2) is 16.9 Å². The summed E-state index contributed by atoms with van der Waals surface area (Å²) in [6.45, 7) is -0.400. The highest BCUT2D eigenvalue weighted by molar-refractivity contribution is 5.18. The number of pyridine rings is 1. The lowest BCUT2D eigenvalue weighted by Crippen LogP contribution is -2.34. The minimum absolute atomic E-state index is 0.0800. The highest BCUT2D eigenvalue weighted by Gasteiger charge is 2.45. The summed E-state index contributed by atoms with van der Waals surface area (Å²) in [6, 6.07) is 2.43. The third-order valence-corrected chi connectivity index (χ3v) is 3.00. The number of halogens is 1. The molecule has 1 aromatic rings. The maximum atomic E-state index is 13.6. The fourth-order valence-corrected chi connectivity index (χ4v) is 2.08. The summed E-state index contributed by atoms with van der Waals surface area (Å²) in [5.74, 6) is -0.833. The topological polar surface area (TPSA) is 91.8 Å². The second-order valence-corrected chi connectivity index (χ2v) is 4.06. The van der Waals surface area contributed by atoms with Gasteiger partial charge in [0.2, 0.25) is 5.56 Å². The van der Waals surface area contributed by atoms with Gasteiger partial charge >= 0.3 is 0 Å². The van der Waals surface area contributed by atoms with E-state index >= 15 is 0 Å². The predicted octanol–water partition coefficient (Wildman–Crippen LogP) is -0.678. The van der Waals surface area contributed by atoms with Crippen molar-refractivity contribution in [1.82, 2.24) is 4.98 Å². The number of aromatic nitrogens is 1. The van der Waals surface area contributed by atoms with Gasteiger partial charge in [-0.1, -0.05) is 0 Å². The summed E-state index contributed by atoms with van der Waals surface area (Å²) >= 11 is 0. The van der Waals surface area contributed by atoms with Gasteiger partial charge in [0.25, 0.3) is 0 Å². The molecule has 0 aromatic carbocycles. The van der Waals surface area contributed by atoms with Crippen molar-refractivity contribution < 1.29 is 24.1 Å². The number of rotatable bonds is 3. The molecule has 0 bridgehead atoms. The third-order valence-electron chi connectivity index (χ3n) is 3.00. The van der Waals surface area contributed by atoms with Crippen molar-refractivity contribution >= 4 is 0 Å². The van der Waals surface area contributed by atoms with Crippen LogP contribution in [0.4, 0.5) is 4.39 Å². The number of hydrogen-bond acceptors (Lipinski definition) is 5. The van der Waals surface area contributed by atoms with Crippen LogP contribution in [0.2, 0.25) is 0 Å². The van der Waals surface area contributed by atoms with Gasteiger partial charge in [-0.2, -0.15) is 4.39 Å². The molecule has 0 amide bonds. The molecule has 4 unspecified atom stereocenters. The molecular formula is C11H14FNO5. The lowest BCUT2D eigenvalue weighted by molar-refractivity contribution is -0.0248. The van der Waals surface area contributed by atoms with Gasteiger partial charge in [-0.25, -0.2) is 0 Å². The van der Waals surface area contributed by atoms with E-state index in [9.17, 15) is 14.3 Å². The van der Waals surface area contributed by atoms with Crippen LogP contribution in [-0.2, 0) is 9.47 Å². The van der Waals surface area contributed by atoms with E-state index in [1.54, 1.807) is 0 Å². The van der Waals surface area contributed by atoms with Crippen molar-refractivity contribution in [3.8, 4) is 0 Å². The fourth-order valence-electron chi connectivity index (χ4n) is 2.08. The molecule has 1 fully saturated rings. The van der Waals surface area contributed by atoms with Crippen LogP contribution in [0.3, 0.4) is 0 Å². The largest absolute Gasteiger partial charge is 0.394 e. The smallest absolute Gasteiger partial charge is 0.250 e. The van der Waals surface area contributed by atoms with E-state index in [4.69, 9.17) is 14.6 Å². The van der Waals surface area contributed by atoms with Crippen LogP contribution >= 0.6 is 0 Å². The molecule has 1 aliphatic heterocycles. The molecule has 6 nitrogen and oxygen atoms in total. The molecule has 3 N–H and O–H groups in total. The zero-order chi connectivity index (χ0) is 13.3. The number of aromatic amines is 1. The van der Waals surface area contributed by atoms with Crippen LogP contribution in [0.25, 0.3) is 0 Å². The summed E-state index contributed by atoms with van der Waals surface area (Å²) < 4.78 is 24.0. The van der Waals surface area contributed by atoms with Gasteiger partial charge in [-0.05, 0) is 6.07 Å². The average molecular weight is 259 g/mol. The Kier molecular flexibility index (Phi) is 3.76. The lowest BCUT2D eigenvalue weighted by Gasteiger charge is -2.18. The molecule has 7 heteroatoms. The van der Waals surface area contributed by atoms with Gasteiger partial charge in [-0.15, -0.1) is 0 Å². The third kappa shape index (κ3) is 2.17. The monoisotopic (exact) mass is 259 g/mol. The maximum absolute atomic E-state index is 13.6. The average Bonchev–Trinajstić information content (AvgIpc) is 2.65. The number of methoxy groups -OCH3 is 1. The molecule has 0 aliphatic carbocycles. The van der Waals surface area contributed by atoms with Gasteiger partial charge in [0, 0.05) is 18.7 Å². The Morgan fingerprint density at radius 1 is 1.56 bits per heavy atom. The van der Waals surface area contributed by atoms with Crippen molar-refractivity contribution in [3.63, 3.8) is 0 Å². The van der Waals surface area contributed by atoms with E-state index in [0.29, 0.717) is 0 Å². The molecular weight excluding hydrogens is 245 g/mol. The molecule has 0 radical (unpaired) electrons. The quantitative estimate of drug-likeness (QED) is 0.626. The van der Waals surface area contributed by atoms with Crippen molar-refractivity contribution in [1.29, 1.82) is 0 Å². The molecule has 1 saturated heterocycles. The number of nitrogens with one attached hydrogen (secondary N) is 1. The van der Waals surface area contributed by atoms with Crippen LogP contribution in [0.5, 0.6) is 0 Å². The SMILES string of the molecule is COC1C(c2ccc(=O)[nH]c2F)OC(CO)C1O. The number of hydrogen-bond donors (Lipinski definition) is 3. The van der Waals surface area contributed by atoms with E-state index in [1.165, 1.54) is 13.2 Å². The highest BCUT2D eigenvalue weighted by atomic mass is 19.1. The summed E-state index contributed by atoms with van der Waals surface area (Å²) in [5, 5.41) is 18.9. The Morgan fingerprint density at radius 2 is 2.28 bits per heavy atom. The van der Waals surface area contributed by atoms with Gasteiger partial charge in [0.1, 0.15) is 24.4 Å². The van der Waals surface area contributed by atoms with Crippen molar-refractivity contribution in [2.75, 3.05) is 13.7 Å². The molecule has 0 saturated carbocycles. The molecule has 0 spiro atoms. The standard InChI is InChI=1S/C11H14FNO5/c1-17-10-8(16)6(4-14)18-9(10)5-2-3-7(15)13-11(5)12/h2-3,6,8-10,14,16H,4H2,1H3,(H,13,15). The predicted molar refractivity (Wildman–Crippen MR) is 58.5 cm³/mol. The molecule has 2 rings (SSSR count). The van der Waals surface area contributed by atoms with Crippen LogP contribution < -0.4 is 5.56 Å². The van der Waals surface area contributed by atoms with E-state index in [-0.39, 0.29) is 5.56 Å². The Morgan fingerprint density at radius 3 is 2.83 bits per heavy atom. The Hall–Kier alpha value is -1.28. The van der Waals surface area contributed by atoms with Crippen molar-refractivity contribution in [3.05, 3.63) is 34.0 Å². The van der Waals surface area contributed by atoms with Gasteiger partial charge < -0.3 is 19.7 Å². The Bertz CT molecular complexity index is 477. The highest BCUT2D eigenvalue weighted by Crippen LogP contribution is 2.35. The minimum Gasteiger partial charge on any atom is -0.394 e. The molecule has 18 heavy (non-hydrogen) atoms. The van der Waals surface area contributed by atoms with Gasteiger partial charge in [0.15, 0.2) is 5.95 Å². The zero-order valence-electron chi connectivity index (χ0n) is 9.67. The van der Waals surface area contributed by atoms with Crippen LogP contribution in [0.1, 0.15) is 11.7 Å². The second-order valence-electron chi connectivity index (χ2n) is 4.06. The molecule has 1 aromatic heterocycles. The normalized spacial score (nSPS) is 31.8. The van der Waals surface area contributed by atoms with Crippen molar-refractivity contribution in [2.24, 2.45) is 0 Å². The van der Waals surface area contributed by atoms with E-state index in [1.807, 2.05) is 4.98 Å². The summed E-state index contributed by atoms with van der Waals surface area (Å²) in [4.78, 5) is 12.9. The summed E-state index contributed by atoms with van der Waals surface area (Å²) in [7, 11) is 1.35. The first-order valence-electron chi connectivity index (χ1n) is 5.44. The zero-order valence-corrected chi connectivity index (χ0v) is 9.67. The fraction of sp³-hybridized carbons (Fsp3) is 0.545. The number of H-pyrrole nitrogens is 1. The number of ether oxygens (including phenoxy) is 2. The van der Waals surface area contributed by atoms with Crippen molar-refractivity contribution in [2.45, 2.75) is 24.4 Å². The van der Waals surface area contributed by atoms with E-state index in [0.717, 1.165) is 6.07 Å². The van der Waals surface area contributed by atoms with E-state index < -0.39 is 42.5 Å². The molecule has 100 valence electrons. The van der Waals surface area contributed by atoms with Crippen LogP contribution in [-0.4, -0.2) is 47.2 Å². The first kappa shape index (κ1) is 13.2. The molecule has 2 heterocycles. The van der Waals surface area contributed by atoms with E-state index in [2.05, 4.69) is 0 Å². The summed E-state index contributed by atoms with van der Waals surface area (Å²) in [5.41, 5.74) is -0.487. The Balaban J connectivity index is 2.34. The van der Waals surface area contributed by atoms with Gasteiger partial charge in [0.05, 0.1) is 6.61 Å². The first-order chi connectivity index (χ1) is 8.58. The maximum Gasteiger partial charge on any atom is 0.250 e. The number of aliphatic hydroxyl groups is 2. The molecule has 4 atom stereocenters. The van der Waals surface area contributed by atoms with Crippen LogP contribution in [0, 0.1) is 5.95 Å². The Labute approximate surface area is 102 Å². The molecule has 1 aliphatic rings. The first-order valence-corrected chi connectivity index (χ1v) is 5.44. The lowest BCUT2D eigenvalue weighted by atomic mass is 10.0. The van der Waals surface area contributed by atoms with Gasteiger partial charge in [-0.3, -0.25) is 9.78 Å². The second kappa shape index (κ2) is 5.15. The summed E-state index contributed by atoms with van der Waals surface area (Å²) in [6.07, 6.45) is -3.58. The number of aliphatic hydroxyl groups excluding tert-OH is 2.